The third-order valence-corrected chi connectivity index (χ3v) is 3.48. The van der Waals surface area contributed by atoms with Gasteiger partial charge >= 0.3 is 0 Å². The zero-order valence-corrected chi connectivity index (χ0v) is 11.1. The summed E-state index contributed by atoms with van der Waals surface area (Å²) in [4.78, 5) is 0. The van der Waals surface area contributed by atoms with Crippen molar-refractivity contribution in [2.24, 2.45) is 0 Å². The van der Waals surface area contributed by atoms with Crippen LogP contribution in [-0.2, 0) is 6.42 Å². The molecule has 0 atom stereocenters. The Kier molecular flexibility index (Phi) is 4.08. The van der Waals surface area contributed by atoms with Crippen molar-refractivity contribution < 1.29 is 0 Å². The third kappa shape index (κ3) is 2.76. The van der Waals surface area contributed by atoms with Crippen molar-refractivity contribution in [3.8, 4) is 0 Å². The largest absolute Gasteiger partial charge is 0.397 e. The van der Waals surface area contributed by atoms with Gasteiger partial charge in [0.05, 0.1) is 11.4 Å². The number of unbranched alkanes of at least 4 members (excludes halogenated alkanes) is 3. The molecule has 0 aliphatic heterocycles. The lowest BCUT2D eigenvalue weighted by molar-refractivity contribution is 0.667. The van der Waals surface area contributed by atoms with E-state index in [1.54, 1.807) is 0 Å². The molecule has 0 fully saturated rings. The minimum absolute atomic E-state index is 0.672. The number of anilines is 2. The lowest BCUT2D eigenvalue weighted by Crippen LogP contribution is -1.96. The Labute approximate surface area is 109 Å². The number of nitrogens with two attached hydrogens (primary N) is 2. The molecule has 4 N–H and O–H groups in total. The fourth-order valence-electron chi connectivity index (χ4n) is 2.32. The predicted molar refractivity (Wildman–Crippen MR) is 80.6 cm³/mol. The number of hydrogen-bond donors (Lipinski definition) is 2. The highest BCUT2D eigenvalue weighted by Gasteiger charge is 2.03. The molecule has 0 spiro atoms. The summed E-state index contributed by atoms with van der Waals surface area (Å²) < 4.78 is 0. The lowest BCUT2D eigenvalue weighted by atomic mass is 10.0. The van der Waals surface area contributed by atoms with Gasteiger partial charge in [0.2, 0.25) is 0 Å². The van der Waals surface area contributed by atoms with Crippen LogP contribution < -0.4 is 11.5 Å². The van der Waals surface area contributed by atoms with Crippen molar-refractivity contribution >= 4 is 22.1 Å². The summed E-state index contributed by atoms with van der Waals surface area (Å²) in [6.45, 7) is 2.24. The summed E-state index contributed by atoms with van der Waals surface area (Å²) in [6, 6.07) is 10.4. The number of benzene rings is 2. The van der Waals surface area contributed by atoms with Gasteiger partial charge in [0.25, 0.3) is 0 Å². The van der Waals surface area contributed by atoms with Crippen LogP contribution in [0, 0.1) is 0 Å². The zero-order valence-electron chi connectivity index (χ0n) is 11.1. The van der Waals surface area contributed by atoms with Gasteiger partial charge in [-0.05, 0) is 35.9 Å². The Morgan fingerprint density at radius 3 is 2.50 bits per heavy atom. The summed E-state index contributed by atoms with van der Waals surface area (Å²) in [5.41, 5.74) is 14.6. The van der Waals surface area contributed by atoms with E-state index in [0.717, 1.165) is 11.8 Å². The second-order valence-corrected chi connectivity index (χ2v) is 4.93. The van der Waals surface area contributed by atoms with Crippen LogP contribution in [0.3, 0.4) is 0 Å². The summed E-state index contributed by atoms with van der Waals surface area (Å²) in [5.74, 6) is 0. The van der Waals surface area contributed by atoms with E-state index in [9.17, 15) is 0 Å². The van der Waals surface area contributed by atoms with E-state index in [-0.39, 0.29) is 0 Å². The van der Waals surface area contributed by atoms with Crippen molar-refractivity contribution in [3.05, 3.63) is 35.9 Å². The van der Waals surface area contributed by atoms with Crippen LogP contribution in [0.1, 0.15) is 38.2 Å². The maximum Gasteiger partial charge on any atom is 0.0627 e. The molecule has 0 aliphatic rings. The normalized spacial score (nSPS) is 10.9. The molecular weight excluding hydrogens is 220 g/mol. The minimum Gasteiger partial charge on any atom is -0.397 e. The van der Waals surface area contributed by atoms with Gasteiger partial charge in [-0.15, -0.1) is 0 Å². The van der Waals surface area contributed by atoms with E-state index in [2.05, 4.69) is 25.1 Å². The molecule has 0 aliphatic carbocycles. The smallest absolute Gasteiger partial charge is 0.0627 e. The number of aryl methyl sites for hydroxylation is 1. The maximum absolute atomic E-state index is 6.04. The number of fused-ring (bicyclic) bond motifs is 1. The van der Waals surface area contributed by atoms with Crippen molar-refractivity contribution in [1.82, 2.24) is 0 Å². The fraction of sp³-hybridized carbons (Fsp3) is 0.375. The second kappa shape index (κ2) is 5.76. The van der Waals surface area contributed by atoms with Gasteiger partial charge in [0.15, 0.2) is 0 Å². The Morgan fingerprint density at radius 2 is 1.72 bits per heavy atom. The molecule has 2 aromatic carbocycles. The van der Waals surface area contributed by atoms with E-state index in [1.165, 1.54) is 36.6 Å². The van der Waals surface area contributed by atoms with Gasteiger partial charge in [-0.2, -0.15) is 0 Å². The van der Waals surface area contributed by atoms with Crippen molar-refractivity contribution in [2.75, 3.05) is 11.5 Å². The van der Waals surface area contributed by atoms with Crippen LogP contribution in [0.2, 0.25) is 0 Å². The third-order valence-electron chi connectivity index (χ3n) is 3.48. The Hall–Kier alpha value is -1.70. The highest BCUT2D eigenvalue weighted by Crippen LogP contribution is 2.27. The molecule has 0 bridgehead atoms. The highest BCUT2D eigenvalue weighted by atomic mass is 14.7. The van der Waals surface area contributed by atoms with Crippen LogP contribution in [0.4, 0.5) is 11.4 Å². The first-order chi connectivity index (χ1) is 8.72. The van der Waals surface area contributed by atoms with E-state index in [4.69, 9.17) is 11.5 Å². The fourth-order valence-corrected chi connectivity index (χ4v) is 2.32. The topological polar surface area (TPSA) is 52.0 Å². The molecule has 96 valence electrons. The van der Waals surface area contributed by atoms with Crippen LogP contribution in [-0.4, -0.2) is 0 Å². The lowest BCUT2D eigenvalue weighted by Gasteiger charge is -2.08. The first-order valence-corrected chi connectivity index (χ1v) is 6.79. The van der Waals surface area contributed by atoms with Crippen LogP contribution in [0.15, 0.2) is 30.3 Å². The maximum atomic E-state index is 6.04. The molecule has 2 nitrogen and oxygen atoms in total. The number of hydrogen-bond acceptors (Lipinski definition) is 2. The Bertz CT molecular complexity index is 532. The quantitative estimate of drug-likeness (QED) is 0.612. The van der Waals surface area contributed by atoms with Crippen molar-refractivity contribution in [1.29, 1.82) is 0 Å². The van der Waals surface area contributed by atoms with Gasteiger partial charge in [0.1, 0.15) is 0 Å². The van der Waals surface area contributed by atoms with Gasteiger partial charge in [-0.3, -0.25) is 0 Å². The molecule has 2 heteroatoms. The predicted octanol–water partition coefficient (Wildman–Crippen LogP) is 4.13. The summed E-state index contributed by atoms with van der Waals surface area (Å²) in [7, 11) is 0. The van der Waals surface area contributed by atoms with E-state index in [1.807, 2.05) is 12.1 Å². The summed E-state index contributed by atoms with van der Waals surface area (Å²) >= 11 is 0. The molecule has 0 saturated heterocycles. The molecule has 0 aromatic heterocycles. The average molecular weight is 242 g/mol. The zero-order chi connectivity index (χ0) is 13.0. The molecule has 0 saturated carbocycles. The van der Waals surface area contributed by atoms with E-state index >= 15 is 0 Å². The molecule has 0 amide bonds. The molecule has 0 radical (unpaired) electrons. The first kappa shape index (κ1) is 12.7. The minimum atomic E-state index is 0.672. The summed E-state index contributed by atoms with van der Waals surface area (Å²) in [5, 5.41) is 2.25. The van der Waals surface area contributed by atoms with Gasteiger partial charge in [-0.1, -0.05) is 44.4 Å². The molecule has 18 heavy (non-hydrogen) atoms. The first-order valence-electron chi connectivity index (χ1n) is 6.79. The average Bonchev–Trinajstić information content (AvgIpc) is 2.39. The summed E-state index contributed by atoms with van der Waals surface area (Å²) in [6.07, 6.45) is 6.29. The SMILES string of the molecule is CCCCCCc1ccc2ccc(N)c(N)c2c1. The van der Waals surface area contributed by atoms with Crippen LogP contribution >= 0.6 is 0 Å². The van der Waals surface area contributed by atoms with Gasteiger partial charge in [-0.25, -0.2) is 0 Å². The standard InChI is InChI=1S/C16H22N2/c1-2-3-4-5-6-12-7-8-13-9-10-15(17)16(18)14(13)11-12/h7-11H,2-6,17-18H2,1H3. The Balaban J connectivity index is 2.18. The molecule has 0 heterocycles. The highest BCUT2D eigenvalue weighted by molar-refractivity contribution is 5.98. The second-order valence-electron chi connectivity index (χ2n) is 4.93. The van der Waals surface area contributed by atoms with E-state index < -0.39 is 0 Å². The molecular formula is C16H22N2. The molecule has 2 rings (SSSR count). The van der Waals surface area contributed by atoms with Crippen molar-refractivity contribution in [2.45, 2.75) is 39.0 Å². The van der Waals surface area contributed by atoms with Gasteiger partial charge < -0.3 is 11.5 Å². The monoisotopic (exact) mass is 242 g/mol. The number of rotatable bonds is 5. The van der Waals surface area contributed by atoms with Gasteiger partial charge in [0, 0.05) is 5.39 Å². The van der Waals surface area contributed by atoms with Crippen LogP contribution in [0.5, 0.6) is 0 Å². The van der Waals surface area contributed by atoms with E-state index in [0.29, 0.717) is 11.4 Å². The number of nitrogen functional groups attached to an aromatic ring is 2. The Morgan fingerprint density at radius 1 is 0.944 bits per heavy atom. The van der Waals surface area contributed by atoms with Crippen LogP contribution in [0.25, 0.3) is 10.8 Å². The molecule has 0 unspecified atom stereocenters. The molecule has 2 aromatic rings. The van der Waals surface area contributed by atoms with Crippen molar-refractivity contribution in [3.63, 3.8) is 0 Å².